The molecule has 1 aliphatic rings. The second-order valence-corrected chi connectivity index (χ2v) is 6.12. The quantitative estimate of drug-likeness (QED) is 0.460. The highest BCUT2D eigenvalue weighted by molar-refractivity contribution is 5.92. The molecule has 1 aromatic carbocycles. The third-order valence-electron chi connectivity index (χ3n) is 4.35. The summed E-state index contributed by atoms with van der Waals surface area (Å²) >= 11 is 0. The molecule has 1 atom stereocenters. The van der Waals surface area contributed by atoms with E-state index in [0.29, 0.717) is 11.3 Å². The first-order chi connectivity index (χ1) is 13.9. The molecule has 1 aromatic heterocycles. The number of ether oxygens (including phenoxy) is 2. The number of hydrogen-bond donors (Lipinski definition) is 1. The van der Waals surface area contributed by atoms with Gasteiger partial charge in [-0.25, -0.2) is 4.79 Å². The Balaban J connectivity index is 2.08. The molecular weight excluding hydrogens is 378 g/mol. The number of furan rings is 1. The third kappa shape index (κ3) is 3.68. The van der Waals surface area contributed by atoms with Gasteiger partial charge in [0.05, 0.1) is 23.0 Å². The Labute approximate surface area is 165 Å². The molecule has 0 amide bonds. The number of nitro benzene ring substituents is 1. The van der Waals surface area contributed by atoms with Crippen LogP contribution in [0.2, 0.25) is 0 Å². The normalized spacial score (nSPS) is 16.2. The molecule has 1 unspecified atom stereocenters. The Hall–Kier alpha value is -4.06. The predicted octanol–water partition coefficient (Wildman–Crippen LogP) is 3.50. The Bertz CT molecular complexity index is 1090. The summed E-state index contributed by atoms with van der Waals surface area (Å²) in [5.41, 5.74) is 6.36. The number of hydrogen-bond acceptors (Lipinski definition) is 8. The number of carbonyl (C=O) groups excluding carboxylic acids is 1. The van der Waals surface area contributed by atoms with Crippen molar-refractivity contribution in [2.45, 2.75) is 19.8 Å². The molecule has 0 spiro atoms. The molecule has 0 bridgehead atoms. The number of esters is 1. The molecule has 0 saturated heterocycles. The van der Waals surface area contributed by atoms with Gasteiger partial charge in [0.2, 0.25) is 5.88 Å². The van der Waals surface area contributed by atoms with Gasteiger partial charge in [0.1, 0.15) is 28.9 Å². The molecule has 0 fully saturated rings. The Kier molecular flexibility index (Phi) is 5.36. The summed E-state index contributed by atoms with van der Waals surface area (Å²) in [7, 11) is 0. The van der Waals surface area contributed by atoms with Crippen molar-refractivity contribution in [3.8, 4) is 17.4 Å². The fraction of sp³-hybridized carbons (Fsp3) is 0.200. The van der Waals surface area contributed by atoms with Crippen LogP contribution in [0.4, 0.5) is 5.69 Å². The summed E-state index contributed by atoms with van der Waals surface area (Å²) in [5, 5.41) is 20.6. The average Bonchev–Trinajstić information content (AvgIpc) is 3.17. The predicted molar refractivity (Wildman–Crippen MR) is 101 cm³/mol. The standard InChI is InChI=1S/C20H17N3O6/c1-3-27-20(24)17-11(2)28-19(22)14(10-21)18(17)16-8-7-15(29-16)12-5-4-6-13(9-12)23(25)26/h4-9,18H,3,22H2,1-2H3. The van der Waals surface area contributed by atoms with Gasteiger partial charge in [0, 0.05) is 17.7 Å². The molecule has 1 aliphatic heterocycles. The minimum Gasteiger partial charge on any atom is -0.463 e. The van der Waals surface area contributed by atoms with Crippen LogP contribution in [-0.4, -0.2) is 17.5 Å². The lowest BCUT2D eigenvalue weighted by molar-refractivity contribution is -0.384. The highest BCUT2D eigenvalue weighted by Crippen LogP contribution is 2.41. The Morgan fingerprint density at radius 1 is 1.38 bits per heavy atom. The first-order valence-electron chi connectivity index (χ1n) is 8.67. The van der Waals surface area contributed by atoms with Crippen LogP contribution in [0.1, 0.15) is 25.5 Å². The molecule has 2 N–H and O–H groups in total. The van der Waals surface area contributed by atoms with E-state index >= 15 is 0 Å². The van der Waals surface area contributed by atoms with E-state index in [-0.39, 0.29) is 40.8 Å². The van der Waals surface area contributed by atoms with E-state index in [0.717, 1.165) is 0 Å². The number of nitrogens with zero attached hydrogens (tertiary/aromatic N) is 2. The molecule has 9 heteroatoms. The van der Waals surface area contributed by atoms with Gasteiger partial charge < -0.3 is 19.6 Å². The van der Waals surface area contributed by atoms with Gasteiger partial charge in [-0.1, -0.05) is 12.1 Å². The van der Waals surface area contributed by atoms with Gasteiger partial charge in [-0.05, 0) is 26.0 Å². The number of nitro groups is 1. The number of benzene rings is 1. The lowest BCUT2D eigenvalue weighted by Crippen LogP contribution is -2.25. The average molecular weight is 395 g/mol. The van der Waals surface area contributed by atoms with Gasteiger partial charge in [0.15, 0.2) is 0 Å². The maximum absolute atomic E-state index is 12.5. The Morgan fingerprint density at radius 2 is 2.14 bits per heavy atom. The number of non-ortho nitro benzene ring substituents is 1. The first kappa shape index (κ1) is 19.7. The minimum atomic E-state index is -0.916. The maximum atomic E-state index is 12.5. The van der Waals surface area contributed by atoms with Gasteiger partial charge in [0.25, 0.3) is 5.69 Å². The maximum Gasteiger partial charge on any atom is 0.338 e. The molecular formula is C20H17N3O6. The van der Waals surface area contributed by atoms with Gasteiger partial charge in [-0.2, -0.15) is 5.26 Å². The number of nitrogens with two attached hydrogens (primary N) is 1. The van der Waals surface area contributed by atoms with Crippen molar-refractivity contribution in [2.24, 2.45) is 5.73 Å². The van der Waals surface area contributed by atoms with Crippen molar-refractivity contribution in [3.63, 3.8) is 0 Å². The van der Waals surface area contributed by atoms with E-state index < -0.39 is 16.8 Å². The highest BCUT2D eigenvalue weighted by Gasteiger charge is 2.38. The van der Waals surface area contributed by atoms with Crippen LogP contribution in [0.25, 0.3) is 11.3 Å². The second kappa shape index (κ2) is 7.90. The van der Waals surface area contributed by atoms with Gasteiger partial charge in [-0.15, -0.1) is 0 Å². The van der Waals surface area contributed by atoms with Crippen LogP contribution in [-0.2, 0) is 14.3 Å². The van der Waals surface area contributed by atoms with Crippen molar-refractivity contribution >= 4 is 11.7 Å². The number of carbonyl (C=O) groups is 1. The number of nitriles is 1. The molecule has 0 aliphatic carbocycles. The number of rotatable bonds is 5. The summed E-state index contributed by atoms with van der Waals surface area (Å²) < 4.78 is 16.3. The molecule has 29 heavy (non-hydrogen) atoms. The third-order valence-corrected chi connectivity index (χ3v) is 4.35. The molecule has 0 saturated carbocycles. The summed E-state index contributed by atoms with van der Waals surface area (Å²) in [4.78, 5) is 23.0. The van der Waals surface area contributed by atoms with Crippen molar-refractivity contribution in [3.05, 3.63) is 75.1 Å². The fourth-order valence-corrected chi connectivity index (χ4v) is 3.08. The van der Waals surface area contributed by atoms with E-state index in [1.807, 2.05) is 6.07 Å². The van der Waals surface area contributed by atoms with E-state index in [2.05, 4.69) is 0 Å². The van der Waals surface area contributed by atoms with Crippen LogP contribution in [0.15, 0.2) is 63.6 Å². The Morgan fingerprint density at radius 3 is 2.79 bits per heavy atom. The second-order valence-electron chi connectivity index (χ2n) is 6.12. The van der Waals surface area contributed by atoms with Crippen molar-refractivity contribution in [1.82, 2.24) is 0 Å². The first-order valence-corrected chi connectivity index (χ1v) is 8.67. The smallest absolute Gasteiger partial charge is 0.338 e. The van der Waals surface area contributed by atoms with Crippen molar-refractivity contribution in [1.29, 1.82) is 5.26 Å². The molecule has 2 heterocycles. The molecule has 148 valence electrons. The lowest BCUT2D eigenvalue weighted by Gasteiger charge is -2.25. The summed E-state index contributed by atoms with van der Waals surface area (Å²) in [6.07, 6.45) is 0. The molecule has 9 nitrogen and oxygen atoms in total. The van der Waals surface area contributed by atoms with E-state index in [9.17, 15) is 20.2 Å². The van der Waals surface area contributed by atoms with Gasteiger partial charge in [-0.3, -0.25) is 10.1 Å². The van der Waals surface area contributed by atoms with Crippen LogP contribution < -0.4 is 5.73 Å². The summed E-state index contributed by atoms with van der Waals surface area (Å²) in [6.45, 7) is 3.35. The van der Waals surface area contributed by atoms with Gasteiger partial charge >= 0.3 is 5.97 Å². The number of allylic oxidation sites excluding steroid dienone is 2. The van der Waals surface area contributed by atoms with Crippen molar-refractivity contribution in [2.75, 3.05) is 6.61 Å². The van der Waals surface area contributed by atoms with Crippen LogP contribution in [0.5, 0.6) is 0 Å². The molecule has 2 aromatic rings. The van der Waals surface area contributed by atoms with E-state index in [1.54, 1.807) is 32.0 Å². The molecule has 0 radical (unpaired) electrons. The summed E-state index contributed by atoms with van der Waals surface area (Å²) in [5.74, 6) is -0.887. The van der Waals surface area contributed by atoms with Crippen LogP contribution >= 0.6 is 0 Å². The van der Waals surface area contributed by atoms with E-state index in [4.69, 9.17) is 19.6 Å². The SMILES string of the molecule is CCOC(=O)C1=C(C)OC(N)=C(C#N)C1c1ccc(-c2cccc([N+](=O)[O-])c2)o1. The zero-order chi connectivity index (χ0) is 21.1. The fourth-order valence-electron chi connectivity index (χ4n) is 3.08. The summed E-state index contributed by atoms with van der Waals surface area (Å²) in [6, 6.07) is 11.1. The van der Waals surface area contributed by atoms with Crippen LogP contribution in [0, 0.1) is 21.4 Å². The monoisotopic (exact) mass is 395 g/mol. The minimum absolute atomic E-state index is 0.0126. The topological polar surface area (TPSA) is 142 Å². The van der Waals surface area contributed by atoms with Crippen molar-refractivity contribution < 1.29 is 23.6 Å². The molecule has 3 rings (SSSR count). The lowest BCUT2D eigenvalue weighted by atomic mass is 9.87. The largest absolute Gasteiger partial charge is 0.463 e. The van der Waals surface area contributed by atoms with Crippen LogP contribution in [0.3, 0.4) is 0 Å². The highest BCUT2D eigenvalue weighted by atomic mass is 16.6. The zero-order valence-corrected chi connectivity index (χ0v) is 15.7. The zero-order valence-electron chi connectivity index (χ0n) is 15.7. The van der Waals surface area contributed by atoms with E-state index in [1.165, 1.54) is 18.2 Å².